The maximum atomic E-state index is 12.9. The van der Waals surface area contributed by atoms with Crippen molar-refractivity contribution in [3.8, 4) is 0 Å². The summed E-state index contributed by atoms with van der Waals surface area (Å²) in [5.41, 5.74) is -3.04. The number of carboxylic acid groups (broad SMARTS) is 1. The van der Waals surface area contributed by atoms with Gasteiger partial charge in [-0.05, 0) is 43.2 Å². The number of furan rings is 1. The van der Waals surface area contributed by atoms with Crippen LogP contribution in [0.1, 0.15) is 50.7 Å². The number of methoxy groups -OCH3 is 1. The molecule has 4 rings (SSSR count). The first-order chi connectivity index (χ1) is 18.4. The van der Waals surface area contributed by atoms with Gasteiger partial charge in [0, 0.05) is 23.0 Å². The van der Waals surface area contributed by atoms with Gasteiger partial charge >= 0.3 is 11.9 Å². The van der Waals surface area contributed by atoms with E-state index in [-0.39, 0.29) is 18.4 Å². The molecule has 10 atom stereocenters. The number of hydrogen-bond donors (Lipinski definition) is 7. The quantitative estimate of drug-likeness (QED) is 0.199. The van der Waals surface area contributed by atoms with E-state index in [1.54, 1.807) is 6.92 Å². The number of esters is 1. The van der Waals surface area contributed by atoms with Gasteiger partial charge in [0.1, 0.15) is 24.4 Å². The molecule has 0 radical (unpaired) electrons. The highest BCUT2D eigenvalue weighted by atomic mass is 16.7. The number of carboxylic acids is 1. The van der Waals surface area contributed by atoms with E-state index in [4.69, 9.17) is 18.6 Å². The molecule has 2 fully saturated rings. The van der Waals surface area contributed by atoms with Gasteiger partial charge in [0.2, 0.25) is 0 Å². The first-order valence-electron chi connectivity index (χ1n) is 12.8. The van der Waals surface area contributed by atoms with Gasteiger partial charge in [-0.1, -0.05) is 6.92 Å². The lowest BCUT2D eigenvalue weighted by molar-refractivity contribution is -0.315. The standard InChI is InChI=1S/C26H36O13/c1-25(8-15(28)12-6-7-37-11-12)14-5-3-4-13(22(32)36-2)18(14)16(9-26(25,35)24(33)34)38-23-21(31)20(30)19(29)17(10-27)39-23/h6-7,11,14-17,19-21,23,27-31,35H,3-5,8-10H2,1-2H3,(H,33,34)/t14-,15+,16+,17-,19-,20+,21-,23-,25+,26+/m1/s1. The normalized spacial score (nSPS) is 39.6. The van der Waals surface area contributed by atoms with E-state index >= 15 is 0 Å². The third-order valence-electron chi connectivity index (χ3n) is 8.66. The maximum Gasteiger partial charge on any atom is 0.336 e. The van der Waals surface area contributed by atoms with Crippen molar-refractivity contribution in [2.45, 2.75) is 87.5 Å². The second-order valence-corrected chi connectivity index (χ2v) is 10.8. The molecule has 1 saturated heterocycles. The van der Waals surface area contributed by atoms with Gasteiger partial charge in [-0.2, -0.15) is 0 Å². The summed E-state index contributed by atoms with van der Waals surface area (Å²) in [5, 5.41) is 73.6. The van der Waals surface area contributed by atoms with Crippen molar-refractivity contribution in [3.63, 3.8) is 0 Å². The summed E-state index contributed by atoms with van der Waals surface area (Å²) < 4.78 is 21.5. The summed E-state index contributed by atoms with van der Waals surface area (Å²) in [7, 11) is 1.20. The van der Waals surface area contributed by atoms with Crippen LogP contribution in [-0.2, 0) is 23.8 Å². The number of carbonyl (C=O) groups is 2. The summed E-state index contributed by atoms with van der Waals surface area (Å²) >= 11 is 0. The molecular formula is C26H36O13. The highest BCUT2D eigenvalue weighted by Crippen LogP contribution is 2.59. The average molecular weight is 557 g/mol. The molecule has 0 bridgehead atoms. The van der Waals surface area contributed by atoms with Gasteiger partial charge in [-0.15, -0.1) is 0 Å². The molecule has 2 heterocycles. The fourth-order valence-corrected chi connectivity index (χ4v) is 6.41. The lowest BCUT2D eigenvalue weighted by Crippen LogP contribution is -2.65. The van der Waals surface area contributed by atoms with Crippen molar-refractivity contribution in [1.29, 1.82) is 0 Å². The molecule has 13 heteroatoms. The van der Waals surface area contributed by atoms with Crippen molar-refractivity contribution in [1.82, 2.24) is 0 Å². The minimum atomic E-state index is -2.48. The summed E-state index contributed by atoms with van der Waals surface area (Å²) in [4.78, 5) is 25.6. The third kappa shape index (κ3) is 5.02. The first kappa shape index (κ1) is 29.6. The van der Waals surface area contributed by atoms with Crippen LogP contribution in [0.5, 0.6) is 0 Å². The molecule has 39 heavy (non-hydrogen) atoms. The van der Waals surface area contributed by atoms with Gasteiger partial charge in [0.25, 0.3) is 0 Å². The number of rotatable bonds is 8. The topological polar surface area (TPSA) is 217 Å². The number of aliphatic hydroxyl groups is 6. The smallest absolute Gasteiger partial charge is 0.336 e. The molecule has 2 aliphatic carbocycles. The summed E-state index contributed by atoms with van der Waals surface area (Å²) in [5.74, 6) is -3.03. The Bertz CT molecular complexity index is 1070. The fraction of sp³-hybridized carbons (Fsp3) is 0.692. The number of aliphatic carboxylic acids is 1. The summed E-state index contributed by atoms with van der Waals surface area (Å²) in [6.45, 7) is 0.830. The van der Waals surface area contributed by atoms with Crippen LogP contribution in [0.15, 0.2) is 34.2 Å². The van der Waals surface area contributed by atoms with E-state index in [9.17, 15) is 45.3 Å². The number of carbonyl (C=O) groups excluding carboxylic acids is 1. The Labute approximate surface area is 224 Å². The zero-order chi connectivity index (χ0) is 28.7. The Morgan fingerprint density at radius 1 is 1.21 bits per heavy atom. The molecular weight excluding hydrogens is 520 g/mol. The van der Waals surface area contributed by atoms with Crippen molar-refractivity contribution in [3.05, 3.63) is 35.3 Å². The van der Waals surface area contributed by atoms with Gasteiger partial charge in [-0.3, -0.25) is 0 Å². The largest absolute Gasteiger partial charge is 0.479 e. The Balaban J connectivity index is 1.80. The molecule has 0 amide bonds. The van der Waals surface area contributed by atoms with Crippen LogP contribution < -0.4 is 0 Å². The van der Waals surface area contributed by atoms with Crippen LogP contribution in [-0.4, -0.2) is 104 Å². The molecule has 218 valence electrons. The second-order valence-electron chi connectivity index (χ2n) is 10.8. The second kappa shape index (κ2) is 11.3. The van der Waals surface area contributed by atoms with Crippen LogP contribution in [0.25, 0.3) is 0 Å². The molecule has 0 unspecified atom stereocenters. The average Bonchev–Trinajstić information content (AvgIpc) is 3.46. The van der Waals surface area contributed by atoms with E-state index in [0.717, 1.165) is 0 Å². The fourth-order valence-electron chi connectivity index (χ4n) is 6.41. The Morgan fingerprint density at radius 3 is 2.51 bits per heavy atom. The number of ether oxygens (including phenoxy) is 3. The van der Waals surface area contributed by atoms with Crippen LogP contribution in [0.4, 0.5) is 0 Å². The van der Waals surface area contributed by atoms with Crippen LogP contribution in [0.2, 0.25) is 0 Å². The third-order valence-corrected chi connectivity index (χ3v) is 8.66. The predicted octanol–water partition coefficient (Wildman–Crippen LogP) is -0.616. The SMILES string of the molecule is COC(=O)C1=C2[C@@H](O[C@@H]3O[C@H](CO)[C@@H](O)[C@H](O)[C@H]3O)C[C@](O)(C(=O)O)[C@@](C)(C[C@H](O)c3ccoc3)[C@@H]2CCC1. The molecule has 0 spiro atoms. The lowest BCUT2D eigenvalue weighted by Gasteiger charge is -2.56. The monoisotopic (exact) mass is 556 g/mol. The summed E-state index contributed by atoms with van der Waals surface area (Å²) in [6.07, 6.45) is -7.67. The van der Waals surface area contributed by atoms with Gasteiger partial charge in [-0.25, -0.2) is 9.59 Å². The van der Waals surface area contributed by atoms with E-state index in [1.165, 1.54) is 25.7 Å². The molecule has 13 nitrogen and oxygen atoms in total. The van der Waals surface area contributed by atoms with Crippen molar-refractivity contribution < 1.29 is 64.0 Å². The van der Waals surface area contributed by atoms with E-state index < -0.39 is 84.8 Å². The molecule has 1 aromatic rings. The molecule has 1 aromatic heterocycles. The van der Waals surface area contributed by atoms with Crippen LogP contribution in [0.3, 0.4) is 0 Å². The van der Waals surface area contributed by atoms with Gasteiger partial charge in [0.05, 0.1) is 38.5 Å². The minimum Gasteiger partial charge on any atom is -0.479 e. The molecule has 1 aliphatic heterocycles. The Kier molecular flexibility index (Phi) is 8.55. The minimum absolute atomic E-state index is 0.204. The first-order valence-corrected chi connectivity index (χ1v) is 12.8. The van der Waals surface area contributed by atoms with Crippen LogP contribution in [0, 0.1) is 11.3 Å². The molecule has 1 saturated carbocycles. The Hall–Kier alpha value is -2.36. The highest BCUT2D eigenvalue weighted by Gasteiger charge is 2.64. The number of hydrogen-bond acceptors (Lipinski definition) is 12. The summed E-state index contributed by atoms with van der Waals surface area (Å²) in [6, 6.07) is 1.53. The number of fused-ring (bicyclic) bond motifs is 1. The van der Waals surface area contributed by atoms with Crippen molar-refractivity contribution in [2.75, 3.05) is 13.7 Å². The zero-order valence-corrected chi connectivity index (χ0v) is 21.7. The lowest BCUT2D eigenvalue weighted by atomic mass is 9.51. The molecule has 7 N–H and O–H groups in total. The maximum absolute atomic E-state index is 12.9. The number of aliphatic hydroxyl groups excluding tert-OH is 5. The Morgan fingerprint density at radius 2 is 1.92 bits per heavy atom. The van der Waals surface area contributed by atoms with Crippen LogP contribution >= 0.6 is 0 Å². The predicted molar refractivity (Wildman–Crippen MR) is 129 cm³/mol. The van der Waals surface area contributed by atoms with Crippen molar-refractivity contribution >= 4 is 11.9 Å². The molecule has 3 aliphatic rings. The van der Waals surface area contributed by atoms with Crippen molar-refractivity contribution in [2.24, 2.45) is 11.3 Å². The molecule has 0 aromatic carbocycles. The highest BCUT2D eigenvalue weighted by molar-refractivity contribution is 5.90. The zero-order valence-electron chi connectivity index (χ0n) is 21.7. The van der Waals surface area contributed by atoms with Gasteiger partial charge < -0.3 is 54.4 Å². The van der Waals surface area contributed by atoms with E-state index in [2.05, 4.69) is 0 Å². The van der Waals surface area contributed by atoms with E-state index in [0.29, 0.717) is 24.0 Å². The van der Waals surface area contributed by atoms with Gasteiger partial charge in [0.15, 0.2) is 11.9 Å². The van der Waals surface area contributed by atoms with E-state index in [1.807, 2.05) is 0 Å².